The highest BCUT2D eigenvalue weighted by atomic mass is 16.6. The molecule has 1 heterocycles. The number of aryl methyl sites for hydroxylation is 1. The standard InChI is InChI=1S/C43H57N7O6/c1-7-50(8-2)22-21-44-38(51)32-17-19-34(27(3)23-32)30-13-9-28(10-14-30)24-37(41(54)46-33-18-20-35-36(25-33)48-49-40(35)53)47-39(52)31-15-11-29(12-16-31)26-45-42(55)56-43(4,5)6/h9-10,13-14,17-20,23,25,29,31,37H,7-8,11-12,15-16,21-22,24,26H2,1-6H3,(H,44,51)(H,45,55)(H,46,54)(H,47,52)(H2,48,49,53)/t29?,31?,37-/m0/s1. The van der Waals surface area contributed by atoms with Crippen LogP contribution < -0.4 is 26.8 Å². The number of amides is 4. The smallest absolute Gasteiger partial charge is 0.407 e. The van der Waals surface area contributed by atoms with Crippen LogP contribution in [0.25, 0.3) is 22.0 Å². The van der Waals surface area contributed by atoms with E-state index in [4.69, 9.17) is 4.74 Å². The third kappa shape index (κ3) is 11.5. The molecule has 0 saturated heterocycles. The lowest BCUT2D eigenvalue weighted by molar-refractivity contribution is -0.130. The number of likely N-dealkylation sites (N-methyl/N-ethyl adjacent to an activating group) is 1. The summed E-state index contributed by atoms with van der Waals surface area (Å²) in [5.41, 5.74) is 4.62. The molecule has 4 aromatic rings. The zero-order valence-electron chi connectivity index (χ0n) is 33.5. The van der Waals surface area contributed by atoms with Crippen LogP contribution >= 0.6 is 0 Å². The predicted octanol–water partition coefficient (Wildman–Crippen LogP) is 5.90. The minimum Gasteiger partial charge on any atom is -0.444 e. The van der Waals surface area contributed by atoms with E-state index in [-0.39, 0.29) is 41.5 Å². The molecule has 13 nitrogen and oxygen atoms in total. The van der Waals surface area contributed by atoms with Gasteiger partial charge in [0.05, 0.1) is 10.9 Å². The fourth-order valence-electron chi connectivity index (χ4n) is 7.17. The van der Waals surface area contributed by atoms with Crippen molar-refractivity contribution in [2.75, 3.05) is 38.0 Å². The second kappa shape index (κ2) is 18.9. The van der Waals surface area contributed by atoms with E-state index < -0.39 is 17.7 Å². The van der Waals surface area contributed by atoms with Crippen LogP contribution in [0.5, 0.6) is 0 Å². The molecule has 0 spiro atoms. The number of aromatic amines is 2. The summed E-state index contributed by atoms with van der Waals surface area (Å²) in [7, 11) is 0. The molecule has 6 N–H and O–H groups in total. The Balaban J connectivity index is 1.24. The van der Waals surface area contributed by atoms with Crippen molar-refractivity contribution in [2.24, 2.45) is 11.8 Å². The Kier molecular flexibility index (Phi) is 14.1. The second-order valence-corrected chi connectivity index (χ2v) is 15.7. The van der Waals surface area contributed by atoms with Gasteiger partial charge in [-0.2, -0.15) is 0 Å². The van der Waals surface area contributed by atoms with Gasteiger partial charge in [-0.1, -0.05) is 44.2 Å². The normalized spacial score (nSPS) is 16.3. The van der Waals surface area contributed by atoms with Crippen LogP contribution in [-0.4, -0.2) is 83.3 Å². The van der Waals surface area contributed by atoms with E-state index in [2.05, 4.69) is 50.2 Å². The van der Waals surface area contributed by atoms with Gasteiger partial charge >= 0.3 is 6.09 Å². The van der Waals surface area contributed by atoms with Crippen LogP contribution in [0.1, 0.15) is 81.8 Å². The van der Waals surface area contributed by atoms with Gasteiger partial charge in [0.2, 0.25) is 11.8 Å². The number of anilines is 1. The maximum atomic E-state index is 13.8. The lowest BCUT2D eigenvalue weighted by atomic mass is 9.81. The summed E-state index contributed by atoms with van der Waals surface area (Å²) < 4.78 is 5.35. The molecule has 1 aliphatic rings. The summed E-state index contributed by atoms with van der Waals surface area (Å²) >= 11 is 0. The maximum Gasteiger partial charge on any atom is 0.407 e. The molecule has 0 radical (unpaired) electrons. The summed E-state index contributed by atoms with van der Waals surface area (Å²) in [6.45, 7) is 15.4. The average molecular weight is 768 g/mol. The number of rotatable bonds is 15. The number of ether oxygens (including phenoxy) is 1. The maximum absolute atomic E-state index is 13.8. The molecule has 1 fully saturated rings. The number of aromatic nitrogens is 2. The molecule has 3 aromatic carbocycles. The van der Waals surface area contributed by atoms with E-state index in [1.54, 1.807) is 18.2 Å². The number of hydrogen-bond acceptors (Lipinski definition) is 7. The van der Waals surface area contributed by atoms with Gasteiger partial charge in [0.25, 0.3) is 11.5 Å². The molecule has 1 saturated carbocycles. The van der Waals surface area contributed by atoms with E-state index in [0.717, 1.165) is 54.7 Å². The molecule has 0 bridgehead atoms. The number of carbonyl (C=O) groups excluding carboxylic acids is 4. The number of nitrogens with one attached hydrogen (secondary N) is 6. The van der Waals surface area contributed by atoms with Crippen molar-refractivity contribution < 1.29 is 23.9 Å². The summed E-state index contributed by atoms with van der Waals surface area (Å²) in [4.78, 5) is 66.8. The van der Waals surface area contributed by atoms with Gasteiger partial charge in [0.1, 0.15) is 11.6 Å². The number of H-pyrrole nitrogens is 2. The molecular formula is C43H57N7O6. The van der Waals surface area contributed by atoms with E-state index in [9.17, 15) is 24.0 Å². The Morgan fingerprint density at radius 2 is 1.61 bits per heavy atom. The molecule has 0 aliphatic heterocycles. The average Bonchev–Trinajstić information content (AvgIpc) is 3.54. The monoisotopic (exact) mass is 767 g/mol. The summed E-state index contributed by atoms with van der Waals surface area (Å²) in [5, 5.41) is 17.7. The van der Waals surface area contributed by atoms with E-state index in [0.29, 0.717) is 48.1 Å². The van der Waals surface area contributed by atoms with E-state index >= 15 is 0 Å². The van der Waals surface area contributed by atoms with Crippen molar-refractivity contribution in [2.45, 2.75) is 85.3 Å². The van der Waals surface area contributed by atoms with E-state index in [1.807, 2.05) is 70.2 Å². The Labute approximate surface area is 328 Å². The largest absolute Gasteiger partial charge is 0.444 e. The zero-order valence-corrected chi connectivity index (χ0v) is 33.5. The fourth-order valence-corrected chi connectivity index (χ4v) is 7.17. The molecule has 1 aromatic heterocycles. The van der Waals surface area contributed by atoms with Gasteiger partial charge < -0.3 is 30.9 Å². The third-order valence-corrected chi connectivity index (χ3v) is 10.4. The number of fused-ring (bicyclic) bond motifs is 1. The quantitative estimate of drug-likeness (QED) is 0.0873. The van der Waals surface area contributed by atoms with Crippen molar-refractivity contribution >= 4 is 40.4 Å². The molecule has 13 heteroatoms. The first-order valence-electron chi connectivity index (χ1n) is 19.7. The van der Waals surface area contributed by atoms with Crippen LogP contribution in [0.2, 0.25) is 0 Å². The van der Waals surface area contributed by atoms with Crippen LogP contribution in [0.3, 0.4) is 0 Å². The molecule has 4 amide bonds. The van der Waals surface area contributed by atoms with Crippen molar-refractivity contribution in [3.05, 3.63) is 87.7 Å². The SMILES string of the molecule is CCN(CC)CCNC(=O)c1ccc(-c2ccc(C[C@H](NC(=O)C3CCC(CNC(=O)OC(C)(C)C)CC3)C(=O)Nc3ccc4c(=O)[nH][nH]c4c3)cc2)c(C)c1. The summed E-state index contributed by atoms with van der Waals surface area (Å²) in [5.74, 6) is -0.686. The second-order valence-electron chi connectivity index (χ2n) is 15.7. The van der Waals surface area contributed by atoms with Crippen LogP contribution in [0.4, 0.5) is 10.5 Å². The van der Waals surface area contributed by atoms with Gasteiger partial charge in [-0.25, -0.2) is 4.79 Å². The fraction of sp³-hybridized carbons (Fsp3) is 0.465. The molecule has 56 heavy (non-hydrogen) atoms. The summed E-state index contributed by atoms with van der Waals surface area (Å²) in [6.07, 6.45) is 2.62. The molecule has 1 aliphatic carbocycles. The molecule has 1 atom stereocenters. The summed E-state index contributed by atoms with van der Waals surface area (Å²) in [6, 6.07) is 17.7. The first kappa shape index (κ1) is 41.7. The molecular weight excluding hydrogens is 711 g/mol. The van der Waals surface area contributed by atoms with E-state index in [1.165, 1.54) is 0 Å². The van der Waals surface area contributed by atoms with Crippen molar-refractivity contribution in [1.82, 2.24) is 31.0 Å². The van der Waals surface area contributed by atoms with Gasteiger partial charge in [-0.3, -0.25) is 29.4 Å². The number of alkyl carbamates (subject to hydrolysis) is 1. The van der Waals surface area contributed by atoms with Crippen LogP contribution in [0, 0.1) is 18.8 Å². The van der Waals surface area contributed by atoms with Crippen LogP contribution in [-0.2, 0) is 20.7 Å². The Morgan fingerprint density at radius 3 is 2.27 bits per heavy atom. The van der Waals surface area contributed by atoms with Gasteiger partial charge in [-0.05, 0) is 125 Å². The lowest BCUT2D eigenvalue weighted by Gasteiger charge is -2.29. The van der Waals surface area contributed by atoms with Crippen molar-refractivity contribution in [3.8, 4) is 11.1 Å². The molecule has 0 unspecified atom stereocenters. The number of nitrogens with zero attached hydrogens (tertiary/aromatic N) is 1. The van der Waals surface area contributed by atoms with Gasteiger partial charge in [0, 0.05) is 43.2 Å². The molecule has 5 rings (SSSR count). The minimum absolute atomic E-state index is 0.0990. The molecule has 300 valence electrons. The Morgan fingerprint density at radius 1 is 0.893 bits per heavy atom. The highest BCUT2D eigenvalue weighted by molar-refractivity contribution is 5.99. The number of benzene rings is 3. The number of carbonyl (C=O) groups is 4. The Bertz CT molecular complexity index is 2040. The first-order chi connectivity index (χ1) is 26.7. The first-order valence-corrected chi connectivity index (χ1v) is 19.7. The highest BCUT2D eigenvalue weighted by Crippen LogP contribution is 2.29. The number of hydrogen-bond donors (Lipinski definition) is 6. The predicted molar refractivity (Wildman–Crippen MR) is 220 cm³/mol. The van der Waals surface area contributed by atoms with Crippen LogP contribution in [0.15, 0.2) is 65.5 Å². The zero-order chi connectivity index (χ0) is 40.4. The van der Waals surface area contributed by atoms with Gasteiger partial charge in [0.15, 0.2) is 0 Å². The topological polar surface area (TPSA) is 178 Å². The van der Waals surface area contributed by atoms with Gasteiger partial charge in [-0.15, -0.1) is 0 Å². The Hall–Kier alpha value is -5.43. The lowest BCUT2D eigenvalue weighted by Crippen LogP contribution is -2.48. The minimum atomic E-state index is -0.873. The van der Waals surface area contributed by atoms with Crippen molar-refractivity contribution in [3.63, 3.8) is 0 Å². The van der Waals surface area contributed by atoms with Crippen molar-refractivity contribution in [1.29, 1.82) is 0 Å². The third-order valence-electron chi connectivity index (χ3n) is 10.4. The highest BCUT2D eigenvalue weighted by Gasteiger charge is 2.30.